The summed E-state index contributed by atoms with van der Waals surface area (Å²) in [7, 11) is 4.03. The maximum Gasteiger partial charge on any atom is 0.328 e. The molecule has 0 fully saturated rings. The number of aryl methyl sites for hydroxylation is 1. The van der Waals surface area contributed by atoms with E-state index in [0.717, 1.165) is 24.4 Å². The Bertz CT molecular complexity index is 391. The molecule has 0 aliphatic carbocycles. The van der Waals surface area contributed by atoms with Crippen molar-refractivity contribution in [2.75, 3.05) is 33.8 Å². The summed E-state index contributed by atoms with van der Waals surface area (Å²) in [5.74, 6) is -0.189. The van der Waals surface area contributed by atoms with Gasteiger partial charge in [0.25, 0.3) is 0 Å². The average molecular weight is 284 g/mol. The smallest absolute Gasteiger partial charge is 0.328 e. The first-order valence-electron chi connectivity index (χ1n) is 6.71. The molecule has 0 radical (unpaired) electrons. The summed E-state index contributed by atoms with van der Waals surface area (Å²) >= 11 is 1.68. The van der Waals surface area contributed by atoms with E-state index in [9.17, 15) is 4.79 Å². The van der Waals surface area contributed by atoms with Gasteiger partial charge in [0.2, 0.25) is 0 Å². The van der Waals surface area contributed by atoms with Crippen LogP contribution in [0, 0.1) is 0 Å². The van der Waals surface area contributed by atoms with Crippen LogP contribution in [0.25, 0.3) is 0 Å². The lowest BCUT2D eigenvalue weighted by Crippen LogP contribution is -2.34. The molecule has 19 heavy (non-hydrogen) atoms. The molecule has 0 aliphatic heterocycles. The van der Waals surface area contributed by atoms with Crippen molar-refractivity contribution in [3.63, 3.8) is 0 Å². The third kappa shape index (κ3) is 5.30. The van der Waals surface area contributed by atoms with Crippen LogP contribution in [0.5, 0.6) is 0 Å². The molecule has 1 atom stereocenters. The fourth-order valence-electron chi connectivity index (χ4n) is 1.70. The zero-order valence-corrected chi connectivity index (χ0v) is 13.0. The monoisotopic (exact) mass is 284 g/mol. The van der Waals surface area contributed by atoms with Crippen molar-refractivity contribution < 1.29 is 9.53 Å². The van der Waals surface area contributed by atoms with Crippen molar-refractivity contribution in [3.8, 4) is 0 Å². The van der Waals surface area contributed by atoms with Gasteiger partial charge in [0.05, 0.1) is 6.61 Å². The van der Waals surface area contributed by atoms with E-state index in [4.69, 9.17) is 4.74 Å². The molecule has 0 saturated carbocycles. The van der Waals surface area contributed by atoms with Crippen LogP contribution in [0.4, 0.5) is 0 Å². The zero-order chi connectivity index (χ0) is 14.3. The lowest BCUT2D eigenvalue weighted by atomic mass is 10.2. The van der Waals surface area contributed by atoms with Crippen molar-refractivity contribution in [2.45, 2.75) is 26.3 Å². The van der Waals surface area contributed by atoms with Gasteiger partial charge in [-0.15, -0.1) is 11.3 Å². The third-order valence-electron chi connectivity index (χ3n) is 2.75. The maximum absolute atomic E-state index is 12.0. The lowest BCUT2D eigenvalue weighted by Gasteiger charge is -2.17. The first-order valence-corrected chi connectivity index (χ1v) is 7.53. The Kier molecular flexibility index (Phi) is 7.05. The highest BCUT2D eigenvalue weighted by atomic mass is 32.1. The molecule has 1 aromatic heterocycles. The van der Waals surface area contributed by atoms with Gasteiger partial charge in [0.15, 0.2) is 0 Å². The fourth-order valence-corrected chi connectivity index (χ4v) is 2.71. The van der Waals surface area contributed by atoms with E-state index >= 15 is 0 Å². The molecule has 108 valence electrons. The van der Waals surface area contributed by atoms with E-state index < -0.39 is 0 Å². The normalized spacial score (nSPS) is 12.7. The number of esters is 1. The van der Waals surface area contributed by atoms with Gasteiger partial charge in [0, 0.05) is 22.8 Å². The van der Waals surface area contributed by atoms with Gasteiger partial charge in [-0.1, -0.05) is 6.92 Å². The van der Waals surface area contributed by atoms with Crippen LogP contribution in [0.15, 0.2) is 12.1 Å². The minimum Gasteiger partial charge on any atom is -0.465 e. The van der Waals surface area contributed by atoms with Crippen molar-refractivity contribution in [2.24, 2.45) is 0 Å². The van der Waals surface area contributed by atoms with Crippen molar-refractivity contribution in [3.05, 3.63) is 21.9 Å². The second-order valence-corrected chi connectivity index (χ2v) is 5.80. The summed E-state index contributed by atoms with van der Waals surface area (Å²) in [6.45, 7) is 6.02. The molecule has 1 heterocycles. The largest absolute Gasteiger partial charge is 0.465 e. The third-order valence-corrected chi connectivity index (χ3v) is 4.04. The molecule has 1 aromatic rings. The second-order valence-electron chi connectivity index (χ2n) is 4.60. The van der Waals surface area contributed by atoms with Gasteiger partial charge in [-0.05, 0) is 39.6 Å². The highest BCUT2D eigenvalue weighted by Crippen LogP contribution is 2.24. The molecule has 1 N–H and O–H groups in total. The van der Waals surface area contributed by atoms with Gasteiger partial charge in [0.1, 0.15) is 6.04 Å². The summed E-state index contributed by atoms with van der Waals surface area (Å²) in [5.41, 5.74) is 0. The van der Waals surface area contributed by atoms with E-state index in [1.54, 1.807) is 11.3 Å². The predicted octanol–water partition coefficient (Wildman–Crippen LogP) is 2.07. The molecular weight excluding hydrogens is 260 g/mol. The SMILES string of the molecule is CCOC(=O)C(NCCN(C)C)c1ccc(CC)s1. The summed E-state index contributed by atoms with van der Waals surface area (Å²) in [6, 6.07) is 3.76. The number of carbonyl (C=O) groups is 1. The topological polar surface area (TPSA) is 41.6 Å². The summed E-state index contributed by atoms with van der Waals surface area (Å²) in [6.07, 6.45) is 0.998. The Morgan fingerprint density at radius 3 is 2.68 bits per heavy atom. The molecule has 1 unspecified atom stereocenters. The lowest BCUT2D eigenvalue weighted by molar-refractivity contribution is -0.145. The quantitative estimate of drug-likeness (QED) is 0.742. The molecule has 5 heteroatoms. The molecule has 0 aliphatic rings. The van der Waals surface area contributed by atoms with Gasteiger partial charge < -0.3 is 9.64 Å². The Hall–Kier alpha value is -0.910. The standard InChI is InChI=1S/C14H24N2O2S/c1-5-11-7-8-12(19-11)13(14(17)18-6-2)15-9-10-16(3)4/h7-8,13,15H,5-6,9-10H2,1-4H3. The van der Waals surface area contributed by atoms with E-state index in [2.05, 4.69) is 23.2 Å². The molecular formula is C14H24N2O2S. The number of nitrogens with one attached hydrogen (secondary N) is 1. The predicted molar refractivity (Wildman–Crippen MR) is 79.6 cm³/mol. The Morgan fingerprint density at radius 1 is 1.42 bits per heavy atom. The van der Waals surface area contributed by atoms with Crippen LogP contribution >= 0.6 is 11.3 Å². The Labute approximate surface area is 119 Å². The van der Waals surface area contributed by atoms with Gasteiger partial charge in [-0.2, -0.15) is 0 Å². The number of ether oxygens (including phenoxy) is 1. The van der Waals surface area contributed by atoms with E-state index in [1.807, 2.05) is 27.1 Å². The number of carbonyl (C=O) groups excluding carboxylic acids is 1. The highest BCUT2D eigenvalue weighted by molar-refractivity contribution is 7.12. The van der Waals surface area contributed by atoms with E-state index in [0.29, 0.717) is 6.61 Å². The Morgan fingerprint density at radius 2 is 2.16 bits per heavy atom. The number of hydrogen-bond donors (Lipinski definition) is 1. The molecule has 0 spiro atoms. The van der Waals surface area contributed by atoms with Crippen LogP contribution in [0.1, 0.15) is 29.6 Å². The Balaban J connectivity index is 2.70. The number of nitrogens with zero attached hydrogens (tertiary/aromatic N) is 1. The van der Waals surface area contributed by atoms with Crippen LogP contribution in [-0.4, -0.2) is 44.7 Å². The first-order chi connectivity index (χ1) is 9.08. The minimum atomic E-state index is -0.342. The van der Waals surface area contributed by atoms with E-state index in [-0.39, 0.29) is 12.0 Å². The van der Waals surface area contributed by atoms with Gasteiger partial charge >= 0.3 is 5.97 Å². The minimum absolute atomic E-state index is 0.189. The molecule has 1 rings (SSSR count). The molecule has 0 amide bonds. The summed E-state index contributed by atoms with van der Waals surface area (Å²) in [4.78, 5) is 16.4. The molecule has 0 aromatic carbocycles. The van der Waals surface area contributed by atoms with Crippen molar-refractivity contribution in [1.82, 2.24) is 10.2 Å². The van der Waals surface area contributed by atoms with Crippen molar-refractivity contribution >= 4 is 17.3 Å². The van der Waals surface area contributed by atoms with Gasteiger partial charge in [-0.3, -0.25) is 5.32 Å². The second kappa shape index (κ2) is 8.30. The van der Waals surface area contributed by atoms with E-state index in [1.165, 1.54) is 4.88 Å². The molecule has 0 bridgehead atoms. The fraction of sp³-hybridized carbons (Fsp3) is 0.643. The number of rotatable bonds is 8. The maximum atomic E-state index is 12.0. The van der Waals surface area contributed by atoms with Crippen LogP contribution < -0.4 is 5.32 Å². The average Bonchev–Trinajstić information content (AvgIpc) is 2.83. The van der Waals surface area contributed by atoms with Crippen LogP contribution in [-0.2, 0) is 16.0 Å². The zero-order valence-electron chi connectivity index (χ0n) is 12.2. The van der Waals surface area contributed by atoms with Crippen LogP contribution in [0.3, 0.4) is 0 Å². The molecule has 0 saturated heterocycles. The summed E-state index contributed by atoms with van der Waals surface area (Å²) < 4.78 is 5.15. The summed E-state index contributed by atoms with van der Waals surface area (Å²) in [5, 5.41) is 3.28. The first kappa shape index (κ1) is 16.1. The van der Waals surface area contributed by atoms with Crippen molar-refractivity contribution in [1.29, 1.82) is 0 Å². The van der Waals surface area contributed by atoms with Gasteiger partial charge in [-0.25, -0.2) is 4.79 Å². The van der Waals surface area contributed by atoms with Crippen LogP contribution in [0.2, 0.25) is 0 Å². The number of likely N-dealkylation sites (N-methyl/N-ethyl adjacent to an activating group) is 1. The number of thiophene rings is 1. The highest BCUT2D eigenvalue weighted by Gasteiger charge is 2.22. The number of hydrogen-bond acceptors (Lipinski definition) is 5. The molecule has 4 nitrogen and oxygen atoms in total.